The van der Waals surface area contributed by atoms with Crippen LogP contribution >= 0.6 is 0 Å². The van der Waals surface area contributed by atoms with Crippen LogP contribution in [0.15, 0.2) is 12.1 Å². The molecule has 0 aliphatic carbocycles. The van der Waals surface area contributed by atoms with Crippen LogP contribution in [0, 0.1) is 0 Å². The summed E-state index contributed by atoms with van der Waals surface area (Å²) in [4.78, 5) is 31.9. The summed E-state index contributed by atoms with van der Waals surface area (Å²) < 4.78 is 0. The fourth-order valence-corrected chi connectivity index (χ4v) is 1.16. The van der Waals surface area contributed by atoms with Crippen molar-refractivity contribution in [1.29, 1.82) is 0 Å². The smallest absolute Gasteiger partial charge is 0.340 e. The molecular weight excluding hydrogens is 285 g/mol. The van der Waals surface area contributed by atoms with Gasteiger partial charge in [0.2, 0.25) is 0 Å². The van der Waals surface area contributed by atoms with Gasteiger partial charge in [0.05, 0.1) is 5.56 Å². The fourth-order valence-electron chi connectivity index (χ4n) is 1.16. The second-order valence-corrected chi connectivity index (χ2v) is 2.80. The Morgan fingerprint density at radius 3 is 1.59 bits per heavy atom. The minimum Gasteiger partial charge on any atom is -0.506 e. The SMILES string of the molecule is O=C(O)c1ccc(C(=O)O)c(C(=O)O)c1O.[Zn]. The minimum absolute atomic E-state index is 0. The van der Waals surface area contributed by atoms with Crippen molar-refractivity contribution in [3.8, 4) is 5.75 Å². The third-order valence-electron chi connectivity index (χ3n) is 1.85. The number of carboxylic acids is 3. The summed E-state index contributed by atoms with van der Waals surface area (Å²) in [7, 11) is 0. The van der Waals surface area contributed by atoms with E-state index in [-0.39, 0.29) is 19.5 Å². The number of hydrogen-bond acceptors (Lipinski definition) is 4. The van der Waals surface area contributed by atoms with Gasteiger partial charge in [0.25, 0.3) is 0 Å². The van der Waals surface area contributed by atoms with Gasteiger partial charge in [0.15, 0.2) is 0 Å². The topological polar surface area (TPSA) is 132 Å². The molecule has 0 saturated carbocycles. The molecule has 0 radical (unpaired) electrons. The number of carbonyl (C=O) groups is 3. The van der Waals surface area contributed by atoms with E-state index in [1.54, 1.807) is 0 Å². The molecule has 0 aliphatic heterocycles. The summed E-state index contributed by atoms with van der Waals surface area (Å²) in [5.41, 5.74) is -2.27. The predicted molar refractivity (Wildman–Crippen MR) is 49.0 cm³/mol. The summed E-state index contributed by atoms with van der Waals surface area (Å²) in [5, 5.41) is 35.3. The van der Waals surface area contributed by atoms with Crippen LogP contribution in [0.3, 0.4) is 0 Å². The van der Waals surface area contributed by atoms with Crippen LogP contribution in [0.4, 0.5) is 0 Å². The minimum atomic E-state index is -1.71. The number of hydrogen-bond donors (Lipinski definition) is 4. The first-order valence-corrected chi connectivity index (χ1v) is 3.92. The molecule has 0 spiro atoms. The first-order valence-electron chi connectivity index (χ1n) is 3.92. The Labute approximate surface area is 107 Å². The number of aromatic hydroxyl groups is 1. The van der Waals surface area contributed by atoms with E-state index >= 15 is 0 Å². The van der Waals surface area contributed by atoms with Crippen molar-refractivity contribution in [2.45, 2.75) is 0 Å². The Morgan fingerprint density at radius 2 is 1.24 bits per heavy atom. The van der Waals surface area contributed by atoms with Crippen LogP contribution < -0.4 is 0 Å². The van der Waals surface area contributed by atoms with Gasteiger partial charge < -0.3 is 20.4 Å². The van der Waals surface area contributed by atoms with Gasteiger partial charge in [-0.25, -0.2) is 14.4 Å². The van der Waals surface area contributed by atoms with Gasteiger partial charge >= 0.3 is 17.9 Å². The summed E-state index contributed by atoms with van der Waals surface area (Å²) in [6.07, 6.45) is 0. The Morgan fingerprint density at radius 1 is 0.824 bits per heavy atom. The molecular formula is C9H6O7Zn. The van der Waals surface area contributed by atoms with Crippen molar-refractivity contribution in [3.05, 3.63) is 28.8 Å². The Bertz CT molecular complexity index is 494. The average molecular weight is 292 g/mol. The van der Waals surface area contributed by atoms with Crippen LogP contribution in [-0.4, -0.2) is 38.3 Å². The molecule has 0 aliphatic rings. The zero-order chi connectivity index (χ0) is 12.5. The van der Waals surface area contributed by atoms with Crippen molar-refractivity contribution in [2.75, 3.05) is 0 Å². The second-order valence-electron chi connectivity index (χ2n) is 2.80. The van der Waals surface area contributed by atoms with Crippen LogP contribution in [-0.2, 0) is 19.5 Å². The first kappa shape index (κ1) is 15.1. The predicted octanol–water partition coefficient (Wildman–Crippen LogP) is 0.484. The molecule has 1 aromatic carbocycles. The number of benzene rings is 1. The maximum atomic E-state index is 10.7. The van der Waals surface area contributed by atoms with Crippen molar-refractivity contribution in [3.63, 3.8) is 0 Å². The molecule has 86 valence electrons. The zero-order valence-electron chi connectivity index (χ0n) is 8.38. The third kappa shape index (κ3) is 2.79. The molecule has 8 heteroatoms. The Balaban J connectivity index is 0.00000256. The van der Waals surface area contributed by atoms with Crippen LogP contribution in [0.5, 0.6) is 5.75 Å². The summed E-state index contributed by atoms with van der Waals surface area (Å²) >= 11 is 0. The van der Waals surface area contributed by atoms with Crippen molar-refractivity contribution >= 4 is 17.9 Å². The maximum Gasteiger partial charge on any atom is 0.340 e. The van der Waals surface area contributed by atoms with Crippen LogP contribution in [0.2, 0.25) is 0 Å². The Kier molecular flexibility index (Phi) is 4.78. The van der Waals surface area contributed by atoms with E-state index in [0.29, 0.717) is 0 Å². The molecule has 4 N–H and O–H groups in total. The van der Waals surface area contributed by atoms with Gasteiger partial charge in [0, 0.05) is 19.5 Å². The molecule has 0 aromatic heterocycles. The van der Waals surface area contributed by atoms with Crippen molar-refractivity contribution < 1.29 is 54.3 Å². The number of carboxylic acid groups (broad SMARTS) is 3. The third-order valence-corrected chi connectivity index (χ3v) is 1.85. The first-order chi connectivity index (χ1) is 7.36. The van der Waals surface area contributed by atoms with Gasteiger partial charge in [-0.2, -0.15) is 0 Å². The standard InChI is InChI=1S/C9H6O7.Zn/c10-6-4(8(13)14)2-1-3(7(11)12)5(6)9(15)16;/h1-2,10H,(H,11,12)(H,13,14)(H,15,16);. The molecule has 0 heterocycles. The van der Waals surface area contributed by atoms with E-state index in [0.717, 1.165) is 12.1 Å². The molecule has 0 bridgehead atoms. The average Bonchev–Trinajstić information content (AvgIpc) is 2.15. The largest absolute Gasteiger partial charge is 0.506 e. The van der Waals surface area contributed by atoms with Crippen molar-refractivity contribution in [1.82, 2.24) is 0 Å². The van der Waals surface area contributed by atoms with E-state index in [9.17, 15) is 19.5 Å². The number of phenols is 1. The maximum absolute atomic E-state index is 10.7. The van der Waals surface area contributed by atoms with E-state index in [1.165, 1.54) is 0 Å². The molecule has 7 nitrogen and oxygen atoms in total. The van der Waals surface area contributed by atoms with E-state index < -0.39 is 40.3 Å². The van der Waals surface area contributed by atoms with E-state index in [2.05, 4.69) is 0 Å². The number of aromatic carboxylic acids is 3. The molecule has 17 heavy (non-hydrogen) atoms. The molecule has 0 fully saturated rings. The monoisotopic (exact) mass is 290 g/mol. The molecule has 0 saturated heterocycles. The number of rotatable bonds is 3. The molecule has 0 atom stereocenters. The van der Waals surface area contributed by atoms with Gasteiger partial charge in [0.1, 0.15) is 16.9 Å². The van der Waals surface area contributed by atoms with Crippen molar-refractivity contribution in [2.24, 2.45) is 0 Å². The summed E-state index contributed by atoms with van der Waals surface area (Å²) in [6, 6.07) is 1.64. The van der Waals surface area contributed by atoms with E-state index in [1.807, 2.05) is 0 Å². The molecule has 0 unspecified atom stereocenters. The molecule has 1 rings (SSSR count). The summed E-state index contributed by atoms with van der Waals surface area (Å²) in [6.45, 7) is 0. The quantitative estimate of drug-likeness (QED) is 0.595. The normalized spacial score (nSPS) is 9.18. The fraction of sp³-hybridized carbons (Fsp3) is 0. The molecule has 0 amide bonds. The molecule has 1 aromatic rings. The van der Waals surface area contributed by atoms with Crippen LogP contribution in [0.1, 0.15) is 31.1 Å². The Hall–Kier alpha value is -1.95. The second kappa shape index (κ2) is 5.40. The van der Waals surface area contributed by atoms with Gasteiger partial charge in [-0.15, -0.1) is 0 Å². The van der Waals surface area contributed by atoms with Gasteiger partial charge in [-0.05, 0) is 12.1 Å². The van der Waals surface area contributed by atoms with Crippen LogP contribution in [0.25, 0.3) is 0 Å². The van der Waals surface area contributed by atoms with Gasteiger partial charge in [-0.1, -0.05) is 0 Å². The summed E-state index contributed by atoms with van der Waals surface area (Å²) in [5.74, 6) is -5.89. The zero-order valence-corrected chi connectivity index (χ0v) is 11.3. The van der Waals surface area contributed by atoms with Gasteiger partial charge in [-0.3, -0.25) is 0 Å². The van der Waals surface area contributed by atoms with E-state index in [4.69, 9.17) is 15.3 Å².